The van der Waals surface area contributed by atoms with Crippen LogP contribution in [0.2, 0.25) is 0 Å². The summed E-state index contributed by atoms with van der Waals surface area (Å²) < 4.78 is 10.4. The molecule has 146 valence electrons. The number of anilines is 2. The van der Waals surface area contributed by atoms with Gasteiger partial charge in [-0.05, 0) is 36.2 Å². The van der Waals surface area contributed by atoms with Gasteiger partial charge >= 0.3 is 0 Å². The molecule has 2 rings (SSSR count). The molecule has 2 aromatic rings. The number of rotatable bonds is 7. The predicted molar refractivity (Wildman–Crippen MR) is 120 cm³/mol. The van der Waals surface area contributed by atoms with Crippen molar-refractivity contribution < 1.29 is 14.3 Å². The number of benzene rings is 2. The molecule has 8 heteroatoms. The first-order chi connectivity index (χ1) is 12.5. The van der Waals surface area contributed by atoms with Gasteiger partial charge in [0.25, 0.3) is 0 Å². The molecule has 4 N–H and O–H groups in total. The Hall–Kier alpha value is -2.49. The zero-order valence-corrected chi connectivity index (χ0v) is 17.9. The number of aliphatic imine (C=N–C) groups is 1. The quantitative estimate of drug-likeness (QED) is 0.319. The summed E-state index contributed by atoms with van der Waals surface area (Å²) >= 11 is 0. The lowest BCUT2D eigenvalue weighted by Gasteiger charge is -2.12. The SMILES string of the molecule is CCc1cccc(NC(=O)CN=C(N)Nc2cc(OC)ccc2OC)c1.I. The highest BCUT2D eigenvalue weighted by Crippen LogP contribution is 2.28. The van der Waals surface area contributed by atoms with Gasteiger partial charge in [0.2, 0.25) is 5.91 Å². The minimum atomic E-state index is -0.249. The largest absolute Gasteiger partial charge is 0.497 e. The van der Waals surface area contributed by atoms with E-state index in [2.05, 4.69) is 22.5 Å². The second-order valence-corrected chi connectivity index (χ2v) is 5.49. The Kier molecular flexibility index (Phi) is 9.41. The van der Waals surface area contributed by atoms with Gasteiger partial charge in [-0.1, -0.05) is 19.1 Å². The smallest absolute Gasteiger partial charge is 0.246 e. The zero-order valence-electron chi connectivity index (χ0n) is 15.6. The summed E-state index contributed by atoms with van der Waals surface area (Å²) in [4.78, 5) is 16.1. The number of amides is 1. The molecule has 0 unspecified atom stereocenters. The van der Waals surface area contributed by atoms with E-state index in [9.17, 15) is 4.79 Å². The van der Waals surface area contributed by atoms with E-state index in [4.69, 9.17) is 15.2 Å². The van der Waals surface area contributed by atoms with E-state index < -0.39 is 0 Å². The summed E-state index contributed by atoms with van der Waals surface area (Å²) in [5.74, 6) is 1.09. The van der Waals surface area contributed by atoms with Crippen molar-refractivity contribution in [2.45, 2.75) is 13.3 Å². The minimum absolute atomic E-state index is 0. The molecule has 7 nitrogen and oxygen atoms in total. The van der Waals surface area contributed by atoms with Gasteiger partial charge < -0.3 is 25.8 Å². The normalized spacial score (nSPS) is 10.6. The fourth-order valence-electron chi connectivity index (χ4n) is 2.32. The van der Waals surface area contributed by atoms with Gasteiger partial charge in [0, 0.05) is 11.8 Å². The summed E-state index contributed by atoms with van der Waals surface area (Å²) in [6, 6.07) is 12.9. The summed E-state index contributed by atoms with van der Waals surface area (Å²) in [7, 11) is 3.12. The first kappa shape index (κ1) is 22.6. The Morgan fingerprint density at radius 3 is 2.56 bits per heavy atom. The number of hydrogen-bond donors (Lipinski definition) is 3. The van der Waals surface area contributed by atoms with Gasteiger partial charge in [0.1, 0.15) is 18.0 Å². The second kappa shape index (κ2) is 11.3. The summed E-state index contributed by atoms with van der Waals surface area (Å²) in [6.45, 7) is 1.96. The Labute approximate surface area is 176 Å². The molecule has 0 aromatic heterocycles. The number of hydrogen-bond acceptors (Lipinski definition) is 4. The van der Waals surface area contributed by atoms with Gasteiger partial charge in [0.15, 0.2) is 5.96 Å². The molecule has 0 spiro atoms. The Bertz CT molecular complexity index is 796. The molecule has 0 atom stereocenters. The molecular weight excluding hydrogens is 459 g/mol. The second-order valence-electron chi connectivity index (χ2n) is 5.49. The number of carbonyl (C=O) groups is 1. The number of halogens is 1. The van der Waals surface area contributed by atoms with Crippen molar-refractivity contribution in [2.24, 2.45) is 10.7 Å². The third-order valence-electron chi connectivity index (χ3n) is 3.68. The lowest BCUT2D eigenvalue weighted by molar-refractivity contribution is -0.114. The van der Waals surface area contributed by atoms with Gasteiger partial charge in [-0.3, -0.25) is 4.79 Å². The molecule has 1 amide bonds. The van der Waals surface area contributed by atoms with Crippen LogP contribution in [0.1, 0.15) is 12.5 Å². The Morgan fingerprint density at radius 1 is 1.11 bits per heavy atom. The number of nitrogens with zero attached hydrogens (tertiary/aromatic N) is 1. The number of methoxy groups -OCH3 is 2. The van der Waals surface area contributed by atoms with Crippen molar-refractivity contribution in [3.63, 3.8) is 0 Å². The van der Waals surface area contributed by atoms with Crippen molar-refractivity contribution in [1.82, 2.24) is 0 Å². The average molecular weight is 484 g/mol. The highest BCUT2D eigenvalue weighted by atomic mass is 127. The number of ether oxygens (including phenoxy) is 2. The van der Waals surface area contributed by atoms with Gasteiger partial charge in [-0.25, -0.2) is 4.99 Å². The molecule has 0 aliphatic carbocycles. The lowest BCUT2D eigenvalue weighted by Crippen LogP contribution is -2.25. The number of nitrogens with two attached hydrogens (primary N) is 1. The van der Waals surface area contributed by atoms with Crippen LogP contribution in [0.5, 0.6) is 11.5 Å². The molecule has 2 aromatic carbocycles. The average Bonchev–Trinajstić information content (AvgIpc) is 2.66. The molecule has 0 bridgehead atoms. The van der Waals surface area contributed by atoms with Crippen LogP contribution < -0.4 is 25.8 Å². The minimum Gasteiger partial charge on any atom is -0.497 e. The van der Waals surface area contributed by atoms with E-state index in [1.807, 2.05) is 24.3 Å². The van der Waals surface area contributed by atoms with Crippen LogP contribution in [-0.2, 0) is 11.2 Å². The maximum absolute atomic E-state index is 12.0. The van der Waals surface area contributed by atoms with Gasteiger partial charge in [-0.2, -0.15) is 0 Å². The molecular formula is C19H25IN4O3. The maximum atomic E-state index is 12.0. The van der Waals surface area contributed by atoms with Crippen LogP contribution in [0.25, 0.3) is 0 Å². The standard InChI is InChI=1S/C19H24N4O3.HI/c1-4-13-6-5-7-14(10-13)22-18(24)12-21-19(20)23-16-11-15(25-2)8-9-17(16)26-3;/h5-11H,4,12H2,1-3H3,(H,22,24)(H3,20,21,23);1H. The van der Waals surface area contributed by atoms with Gasteiger partial charge in [0.05, 0.1) is 19.9 Å². The first-order valence-corrected chi connectivity index (χ1v) is 8.23. The number of nitrogens with one attached hydrogen (secondary N) is 2. The highest BCUT2D eigenvalue weighted by Gasteiger charge is 2.07. The maximum Gasteiger partial charge on any atom is 0.246 e. The topological polar surface area (TPSA) is 98.0 Å². The van der Waals surface area contributed by atoms with E-state index in [-0.39, 0.29) is 42.4 Å². The van der Waals surface area contributed by atoms with Crippen molar-refractivity contribution in [2.75, 3.05) is 31.4 Å². The van der Waals surface area contributed by atoms with Crippen molar-refractivity contribution in [3.8, 4) is 11.5 Å². The molecule has 0 aliphatic heterocycles. The third kappa shape index (κ3) is 6.97. The van der Waals surface area contributed by atoms with Crippen molar-refractivity contribution in [1.29, 1.82) is 0 Å². The fraction of sp³-hybridized carbons (Fsp3) is 0.263. The predicted octanol–water partition coefficient (Wildman–Crippen LogP) is 3.25. The molecule has 0 fully saturated rings. The van der Waals surface area contributed by atoms with Crippen LogP contribution in [-0.4, -0.2) is 32.6 Å². The van der Waals surface area contributed by atoms with E-state index >= 15 is 0 Å². The molecule has 0 radical (unpaired) electrons. The molecule has 0 saturated heterocycles. The van der Waals surface area contributed by atoms with E-state index in [0.29, 0.717) is 17.2 Å². The molecule has 0 heterocycles. The molecule has 0 aliphatic rings. The van der Waals surface area contributed by atoms with E-state index in [1.165, 1.54) is 0 Å². The Morgan fingerprint density at radius 2 is 1.89 bits per heavy atom. The monoisotopic (exact) mass is 484 g/mol. The van der Waals surface area contributed by atoms with Crippen LogP contribution >= 0.6 is 24.0 Å². The van der Waals surface area contributed by atoms with Gasteiger partial charge in [-0.15, -0.1) is 24.0 Å². The third-order valence-corrected chi connectivity index (χ3v) is 3.68. The number of carbonyl (C=O) groups excluding carboxylic acids is 1. The molecule has 0 saturated carbocycles. The lowest BCUT2D eigenvalue weighted by atomic mass is 10.1. The van der Waals surface area contributed by atoms with Crippen LogP contribution in [0.3, 0.4) is 0 Å². The number of aryl methyl sites for hydroxylation is 1. The summed E-state index contributed by atoms with van der Waals surface area (Å²) in [6.07, 6.45) is 0.904. The summed E-state index contributed by atoms with van der Waals surface area (Å²) in [5, 5.41) is 5.72. The zero-order chi connectivity index (χ0) is 18.9. The number of guanidine groups is 1. The highest BCUT2D eigenvalue weighted by molar-refractivity contribution is 14.0. The van der Waals surface area contributed by atoms with Crippen molar-refractivity contribution in [3.05, 3.63) is 48.0 Å². The van der Waals surface area contributed by atoms with Crippen LogP contribution in [0.15, 0.2) is 47.5 Å². The van der Waals surface area contributed by atoms with E-state index in [0.717, 1.165) is 17.7 Å². The fourth-order valence-corrected chi connectivity index (χ4v) is 2.32. The van der Waals surface area contributed by atoms with Crippen LogP contribution in [0.4, 0.5) is 11.4 Å². The summed E-state index contributed by atoms with van der Waals surface area (Å²) in [5.41, 5.74) is 8.36. The van der Waals surface area contributed by atoms with E-state index in [1.54, 1.807) is 32.4 Å². The molecule has 27 heavy (non-hydrogen) atoms. The van der Waals surface area contributed by atoms with Crippen molar-refractivity contribution >= 4 is 47.2 Å². The van der Waals surface area contributed by atoms with Crippen LogP contribution in [0, 0.1) is 0 Å². The first-order valence-electron chi connectivity index (χ1n) is 8.23. The Balaban J connectivity index is 0.00000364.